The summed E-state index contributed by atoms with van der Waals surface area (Å²) in [7, 11) is 1.59. The first-order valence-electron chi connectivity index (χ1n) is 7.27. The fraction of sp³-hybridized carbons (Fsp3) is 0.312. The number of ether oxygens (including phenoxy) is 1. The summed E-state index contributed by atoms with van der Waals surface area (Å²) in [6, 6.07) is 7.25. The van der Waals surface area contributed by atoms with E-state index in [9.17, 15) is 4.79 Å². The molecule has 2 rings (SSSR count). The number of thioether (sulfide) groups is 1. The molecule has 1 N–H and O–H groups in total. The highest BCUT2D eigenvalue weighted by atomic mass is 32.2. The maximum Gasteiger partial charge on any atom is 0.234 e. The van der Waals surface area contributed by atoms with Crippen LogP contribution in [0.25, 0.3) is 0 Å². The number of nitrogens with one attached hydrogen (secondary N) is 1. The third kappa shape index (κ3) is 4.59. The number of rotatable bonds is 8. The lowest BCUT2D eigenvalue weighted by Crippen LogP contribution is -2.14. The lowest BCUT2D eigenvalue weighted by atomic mass is 10.3. The van der Waals surface area contributed by atoms with Crippen LogP contribution in [0, 0.1) is 0 Å². The van der Waals surface area contributed by atoms with Crippen molar-refractivity contribution >= 4 is 23.4 Å². The molecule has 0 fully saturated rings. The third-order valence-electron chi connectivity index (χ3n) is 3.11. The van der Waals surface area contributed by atoms with E-state index in [4.69, 9.17) is 4.74 Å². The Morgan fingerprint density at radius 2 is 2.30 bits per heavy atom. The molecule has 6 nitrogen and oxygen atoms in total. The third-order valence-corrected chi connectivity index (χ3v) is 4.07. The zero-order chi connectivity index (χ0) is 16.7. The molecular weight excluding hydrogens is 312 g/mol. The van der Waals surface area contributed by atoms with Crippen molar-refractivity contribution in [2.45, 2.75) is 25.0 Å². The minimum atomic E-state index is -0.102. The standard InChI is InChI=1S/C16H20N4O2S/c1-4-9-20-14(5-2)18-19-16(20)23-11-15(21)17-12-7-6-8-13(10-12)22-3/h4,6-8,10H,1,5,9,11H2,2-3H3,(H,17,21). The van der Waals surface area contributed by atoms with Gasteiger partial charge >= 0.3 is 0 Å². The van der Waals surface area contributed by atoms with E-state index in [1.807, 2.05) is 29.7 Å². The van der Waals surface area contributed by atoms with Gasteiger partial charge in [-0.05, 0) is 12.1 Å². The van der Waals surface area contributed by atoms with Crippen LogP contribution in [-0.4, -0.2) is 33.5 Å². The van der Waals surface area contributed by atoms with Crippen molar-refractivity contribution in [1.82, 2.24) is 14.8 Å². The number of amides is 1. The second kappa shape index (κ2) is 8.38. The number of methoxy groups -OCH3 is 1. The molecule has 0 bridgehead atoms. The number of carbonyl (C=O) groups excluding carboxylic acids is 1. The first-order chi connectivity index (χ1) is 11.2. The molecule has 0 atom stereocenters. The number of carbonyl (C=O) groups is 1. The van der Waals surface area contributed by atoms with Gasteiger partial charge in [0.05, 0.1) is 12.9 Å². The highest BCUT2D eigenvalue weighted by Crippen LogP contribution is 2.20. The average molecular weight is 332 g/mol. The van der Waals surface area contributed by atoms with Crippen LogP contribution in [0.1, 0.15) is 12.7 Å². The van der Waals surface area contributed by atoms with Crippen LogP contribution >= 0.6 is 11.8 Å². The van der Waals surface area contributed by atoms with E-state index in [0.717, 1.165) is 17.4 Å². The summed E-state index contributed by atoms with van der Waals surface area (Å²) in [6.45, 7) is 6.40. The fourth-order valence-electron chi connectivity index (χ4n) is 2.03. The van der Waals surface area contributed by atoms with Gasteiger partial charge in [-0.25, -0.2) is 0 Å². The molecular formula is C16H20N4O2S. The molecule has 0 radical (unpaired) electrons. The summed E-state index contributed by atoms with van der Waals surface area (Å²) >= 11 is 1.36. The molecule has 1 aromatic carbocycles. The van der Waals surface area contributed by atoms with Gasteiger partial charge in [0.1, 0.15) is 11.6 Å². The van der Waals surface area contributed by atoms with E-state index in [2.05, 4.69) is 22.1 Å². The fourth-order valence-corrected chi connectivity index (χ4v) is 2.79. The van der Waals surface area contributed by atoms with Crippen LogP contribution < -0.4 is 10.1 Å². The van der Waals surface area contributed by atoms with Crippen molar-refractivity contribution < 1.29 is 9.53 Å². The van der Waals surface area contributed by atoms with Gasteiger partial charge in [-0.3, -0.25) is 4.79 Å². The summed E-state index contributed by atoms with van der Waals surface area (Å²) in [6.07, 6.45) is 2.58. The lowest BCUT2D eigenvalue weighted by Gasteiger charge is -2.08. The quantitative estimate of drug-likeness (QED) is 0.594. The Morgan fingerprint density at radius 3 is 3.00 bits per heavy atom. The van der Waals surface area contributed by atoms with Crippen LogP contribution in [0.2, 0.25) is 0 Å². The second-order valence-electron chi connectivity index (χ2n) is 4.72. The number of nitrogens with zero attached hydrogens (tertiary/aromatic N) is 3. The van der Waals surface area contributed by atoms with E-state index < -0.39 is 0 Å². The minimum Gasteiger partial charge on any atom is -0.497 e. The van der Waals surface area contributed by atoms with Gasteiger partial charge in [0.25, 0.3) is 0 Å². The molecule has 1 amide bonds. The molecule has 1 heterocycles. The largest absolute Gasteiger partial charge is 0.497 e. The number of anilines is 1. The van der Waals surface area contributed by atoms with Gasteiger partial charge in [-0.15, -0.1) is 16.8 Å². The number of hydrogen-bond donors (Lipinski definition) is 1. The molecule has 23 heavy (non-hydrogen) atoms. The Balaban J connectivity index is 1.96. The summed E-state index contributed by atoms with van der Waals surface area (Å²) in [5.74, 6) is 1.75. The van der Waals surface area contributed by atoms with Crippen molar-refractivity contribution in [3.05, 3.63) is 42.7 Å². The minimum absolute atomic E-state index is 0.102. The normalized spacial score (nSPS) is 10.3. The van der Waals surface area contributed by atoms with Gasteiger partial charge in [0.15, 0.2) is 5.16 Å². The first-order valence-corrected chi connectivity index (χ1v) is 8.26. The molecule has 2 aromatic rings. The van der Waals surface area contributed by atoms with Crippen LogP contribution in [0.5, 0.6) is 5.75 Å². The molecule has 0 aliphatic rings. The molecule has 0 saturated carbocycles. The monoisotopic (exact) mass is 332 g/mol. The Labute approximate surface area is 139 Å². The second-order valence-corrected chi connectivity index (χ2v) is 5.66. The van der Waals surface area contributed by atoms with Crippen molar-refractivity contribution in [2.24, 2.45) is 0 Å². The van der Waals surface area contributed by atoms with Gasteiger partial charge in [-0.2, -0.15) is 0 Å². The number of aromatic nitrogens is 3. The van der Waals surface area contributed by atoms with Crippen LogP contribution in [0.15, 0.2) is 42.1 Å². The van der Waals surface area contributed by atoms with Gasteiger partial charge in [0, 0.05) is 24.7 Å². The Bertz CT molecular complexity index is 684. The summed E-state index contributed by atoms with van der Waals surface area (Å²) in [4.78, 5) is 12.1. The topological polar surface area (TPSA) is 69.0 Å². The van der Waals surface area contributed by atoms with Crippen molar-refractivity contribution in [2.75, 3.05) is 18.2 Å². The van der Waals surface area contributed by atoms with E-state index in [1.54, 1.807) is 19.3 Å². The highest BCUT2D eigenvalue weighted by Gasteiger charge is 2.12. The first kappa shape index (κ1) is 17.1. The van der Waals surface area contributed by atoms with Crippen LogP contribution in [0.4, 0.5) is 5.69 Å². The average Bonchev–Trinajstić information content (AvgIpc) is 2.95. The summed E-state index contributed by atoms with van der Waals surface area (Å²) in [5, 5.41) is 11.8. The molecule has 7 heteroatoms. The van der Waals surface area contributed by atoms with Gasteiger partial charge in [0.2, 0.25) is 5.91 Å². The van der Waals surface area contributed by atoms with Crippen molar-refractivity contribution in [1.29, 1.82) is 0 Å². The molecule has 0 spiro atoms. The Morgan fingerprint density at radius 1 is 1.48 bits per heavy atom. The zero-order valence-electron chi connectivity index (χ0n) is 13.3. The molecule has 0 unspecified atom stereocenters. The highest BCUT2D eigenvalue weighted by molar-refractivity contribution is 7.99. The molecule has 1 aromatic heterocycles. The number of hydrogen-bond acceptors (Lipinski definition) is 5. The zero-order valence-corrected chi connectivity index (χ0v) is 14.1. The smallest absolute Gasteiger partial charge is 0.234 e. The van der Waals surface area contributed by atoms with Gasteiger partial charge < -0.3 is 14.6 Å². The summed E-state index contributed by atoms with van der Waals surface area (Å²) in [5.41, 5.74) is 0.705. The van der Waals surface area contributed by atoms with Crippen molar-refractivity contribution in [3.8, 4) is 5.75 Å². The van der Waals surface area contributed by atoms with E-state index >= 15 is 0 Å². The molecule has 0 aliphatic heterocycles. The van der Waals surface area contributed by atoms with E-state index in [-0.39, 0.29) is 11.7 Å². The van der Waals surface area contributed by atoms with Gasteiger partial charge in [-0.1, -0.05) is 30.8 Å². The number of aryl methyl sites for hydroxylation is 1. The maximum absolute atomic E-state index is 12.1. The number of allylic oxidation sites excluding steroid dienone is 1. The van der Waals surface area contributed by atoms with E-state index in [0.29, 0.717) is 18.0 Å². The Kier molecular flexibility index (Phi) is 6.22. The summed E-state index contributed by atoms with van der Waals surface area (Å²) < 4.78 is 7.10. The van der Waals surface area contributed by atoms with Crippen molar-refractivity contribution in [3.63, 3.8) is 0 Å². The Hall–Kier alpha value is -2.28. The number of benzene rings is 1. The predicted molar refractivity (Wildman–Crippen MR) is 91.9 cm³/mol. The molecule has 0 saturated heterocycles. The SMILES string of the molecule is C=CCn1c(CC)nnc1SCC(=O)Nc1cccc(OC)c1. The maximum atomic E-state index is 12.1. The molecule has 0 aliphatic carbocycles. The predicted octanol–water partition coefficient (Wildman–Crippen LogP) is 2.77. The lowest BCUT2D eigenvalue weighted by molar-refractivity contribution is -0.113. The van der Waals surface area contributed by atoms with Crippen LogP contribution in [0.3, 0.4) is 0 Å². The van der Waals surface area contributed by atoms with Crippen LogP contribution in [-0.2, 0) is 17.8 Å². The van der Waals surface area contributed by atoms with E-state index in [1.165, 1.54) is 11.8 Å². The molecule has 122 valence electrons.